The normalized spacial score (nSPS) is 24.1. The lowest BCUT2D eigenvalue weighted by molar-refractivity contribution is -0.0399. The first kappa shape index (κ1) is 32.6. The first-order chi connectivity index (χ1) is 27.5. The van der Waals surface area contributed by atoms with E-state index >= 15 is 0 Å². The lowest BCUT2D eigenvalue weighted by Gasteiger charge is -2.61. The van der Waals surface area contributed by atoms with Crippen molar-refractivity contribution in [2.24, 2.45) is 23.7 Å². The van der Waals surface area contributed by atoms with E-state index in [1.807, 2.05) is 0 Å². The van der Waals surface area contributed by atoms with Gasteiger partial charge in [-0.2, -0.15) is 0 Å². The fourth-order valence-electron chi connectivity index (χ4n) is 12.9. The highest BCUT2D eigenvalue weighted by Gasteiger charge is 2.61. The number of para-hydroxylation sites is 1. The molecule has 1 nitrogen and oxygen atoms in total. The van der Waals surface area contributed by atoms with E-state index in [0.717, 1.165) is 35.0 Å². The number of nitrogens with zero attached hydrogens (tertiary/aromatic N) is 1. The Labute approximate surface area is 331 Å². The van der Waals surface area contributed by atoms with Crippen LogP contribution in [-0.2, 0) is 10.8 Å². The quantitative estimate of drug-likeness (QED) is 0.171. The summed E-state index contributed by atoms with van der Waals surface area (Å²) in [5, 5.41) is 0. The summed E-state index contributed by atoms with van der Waals surface area (Å²) in [4.78, 5) is 2.44. The van der Waals surface area contributed by atoms with E-state index in [9.17, 15) is 0 Å². The Morgan fingerprint density at radius 2 is 0.929 bits per heavy atom. The Hall–Kier alpha value is -5.66. The van der Waals surface area contributed by atoms with Crippen molar-refractivity contribution in [1.29, 1.82) is 0 Å². The molecule has 4 bridgehead atoms. The van der Waals surface area contributed by atoms with Crippen molar-refractivity contribution in [1.82, 2.24) is 0 Å². The average Bonchev–Trinajstić information content (AvgIpc) is 3.66. The fraction of sp³-hybridized carbons (Fsp3) is 0.236. The largest absolute Gasteiger partial charge is 0.310 e. The van der Waals surface area contributed by atoms with Gasteiger partial charge in [0.25, 0.3) is 0 Å². The summed E-state index contributed by atoms with van der Waals surface area (Å²) in [5.74, 6) is 3.47. The fourth-order valence-corrected chi connectivity index (χ4v) is 12.9. The first-order valence-electron chi connectivity index (χ1n) is 21.0. The van der Waals surface area contributed by atoms with Crippen LogP contribution in [0.1, 0.15) is 68.2 Å². The summed E-state index contributed by atoms with van der Waals surface area (Å²) in [5.41, 5.74) is 20.5. The number of benzene rings is 7. The van der Waals surface area contributed by atoms with E-state index < -0.39 is 0 Å². The third-order valence-corrected chi connectivity index (χ3v) is 15.1. The molecule has 4 fully saturated rings. The van der Waals surface area contributed by atoms with Crippen molar-refractivity contribution in [2.75, 3.05) is 4.90 Å². The topological polar surface area (TPSA) is 3.24 Å². The lowest BCUT2D eigenvalue weighted by Crippen LogP contribution is -2.55. The van der Waals surface area contributed by atoms with Crippen molar-refractivity contribution in [3.05, 3.63) is 186 Å². The van der Waals surface area contributed by atoms with Crippen molar-refractivity contribution in [2.45, 2.75) is 56.8 Å². The molecule has 56 heavy (non-hydrogen) atoms. The molecule has 0 heterocycles. The Bertz CT molecular complexity index is 2630. The molecule has 1 spiro atoms. The SMILES string of the molecule is CC1(C)c2ccccc2-c2c(N(c3ccccc3)c3ccc(-c4ccc(-c5ccc6c(c5)C5(c7ccccc7-6)C6CC7CC(C6)CC5C7)cc4)cc3)cccc21. The van der Waals surface area contributed by atoms with Crippen LogP contribution in [0.25, 0.3) is 44.5 Å². The van der Waals surface area contributed by atoms with Gasteiger partial charge in [0.2, 0.25) is 0 Å². The molecule has 0 N–H and O–H groups in total. The van der Waals surface area contributed by atoms with Crippen LogP contribution in [0.4, 0.5) is 17.1 Å². The zero-order chi connectivity index (χ0) is 37.2. The molecule has 0 aliphatic heterocycles. The summed E-state index contributed by atoms with van der Waals surface area (Å²) >= 11 is 0. The first-order valence-corrected chi connectivity index (χ1v) is 21.0. The number of hydrogen-bond donors (Lipinski definition) is 0. The summed E-state index contributed by atoms with van der Waals surface area (Å²) in [6.45, 7) is 4.72. The average molecular weight is 722 g/mol. The highest BCUT2D eigenvalue weighted by Crippen LogP contribution is 2.69. The zero-order valence-corrected chi connectivity index (χ0v) is 32.4. The highest BCUT2D eigenvalue weighted by molar-refractivity contribution is 5.95. The van der Waals surface area contributed by atoms with Gasteiger partial charge in [-0.15, -0.1) is 0 Å². The molecule has 0 saturated heterocycles. The minimum absolute atomic E-state index is 0.0539. The predicted molar refractivity (Wildman–Crippen MR) is 233 cm³/mol. The Balaban J connectivity index is 0.890. The van der Waals surface area contributed by atoms with E-state index in [1.54, 1.807) is 11.1 Å². The van der Waals surface area contributed by atoms with Gasteiger partial charge in [-0.3, -0.25) is 0 Å². The van der Waals surface area contributed by atoms with Gasteiger partial charge in [0.05, 0.1) is 5.69 Å². The number of rotatable bonds is 5. The lowest BCUT2D eigenvalue weighted by atomic mass is 9.43. The van der Waals surface area contributed by atoms with Crippen LogP contribution in [0.5, 0.6) is 0 Å². The van der Waals surface area contributed by atoms with Crippen LogP contribution < -0.4 is 4.90 Å². The van der Waals surface area contributed by atoms with E-state index in [0.29, 0.717) is 0 Å². The molecule has 7 aromatic rings. The maximum Gasteiger partial charge on any atom is 0.0543 e. The summed E-state index contributed by atoms with van der Waals surface area (Å²) in [6, 6.07) is 62.0. The molecule has 7 aromatic carbocycles. The zero-order valence-electron chi connectivity index (χ0n) is 32.4. The Morgan fingerprint density at radius 3 is 1.62 bits per heavy atom. The van der Waals surface area contributed by atoms with E-state index in [4.69, 9.17) is 0 Å². The minimum atomic E-state index is -0.0539. The minimum Gasteiger partial charge on any atom is -0.310 e. The second-order valence-corrected chi connectivity index (χ2v) is 18.1. The smallest absolute Gasteiger partial charge is 0.0543 e. The van der Waals surface area contributed by atoms with Crippen LogP contribution >= 0.6 is 0 Å². The monoisotopic (exact) mass is 721 g/mol. The maximum atomic E-state index is 2.61. The molecule has 1 heteroatoms. The number of hydrogen-bond acceptors (Lipinski definition) is 1. The highest BCUT2D eigenvalue weighted by atomic mass is 15.1. The van der Waals surface area contributed by atoms with Gasteiger partial charge in [0.15, 0.2) is 0 Å². The van der Waals surface area contributed by atoms with Crippen LogP contribution in [0.15, 0.2) is 164 Å². The third-order valence-electron chi connectivity index (χ3n) is 15.1. The predicted octanol–water partition coefficient (Wildman–Crippen LogP) is 14.5. The molecule has 4 saturated carbocycles. The molecule has 0 atom stereocenters. The van der Waals surface area contributed by atoms with E-state index in [-0.39, 0.29) is 10.8 Å². The molecule has 272 valence electrons. The molecule has 6 aliphatic rings. The molecule has 13 rings (SSSR count). The van der Waals surface area contributed by atoms with Gasteiger partial charge in [-0.25, -0.2) is 0 Å². The molecule has 6 aliphatic carbocycles. The third kappa shape index (κ3) is 4.49. The molecular weight excluding hydrogens is 675 g/mol. The van der Waals surface area contributed by atoms with Gasteiger partial charge in [0.1, 0.15) is 0 Å². The van der Waals surface area contributed by atoms with Gasteiger partial charge in [-0.1, -0.05) is 141 Å². The summed E-state index contributed by atoms with van der Waals surface area (Å²) in [6.07, 6.45) is 7.16. The molecule has 0 unspecified atom stereocenters. The second-order valence-electron chi connectivity index (χ2n) is 18.1. The van der Waals surface area contributed by atoms with Gasteiger partial charge >= 0.3 is 0 Å². The Morgan fingerprint density at radius 1 is 0.411 bits per heavy atom. The molecular formula is C55H47N. The van der Waals surface area contributed by atoms with Crippen molar-refractivity contribution >= 4 is 17.1 Å². The summed E-state index contributed by atoms with van der Waals surface area (Å²) < 4.78 is 0. The van der Waals surface area contributed by atoms with E-state index in [2.05, 4.69) is 183 Å². The van der Waals surface area contributed by atoms with Gasteiger partial charge < -0.3 is 4.90 Å². The Kier molecular flexibility index (Phi) is 6.93. The van der Waals surface area contributed by atoms with Crippen LogP contribution in [0.3, 0.4) is 0 Å². The van der Waals surface area contributed by atoms with E-state index in [1.165, 1.54) is 93.4 Å². The molecule has 0 amide bonds. The van der Waals surface area contributed by atoms with Crippen molar-refractivity contribution in [3.8, 4) is 44.5 Å². The van der Waals surface area contributed by atoms with Crippen LogP contribution in [0, 0.1) is 23.7 Å². The molecule has 0 radical (unpaired) electrons. The van der Waals surface area contributed by atoms with Gasteiger partial charge in [0, 0.05) is 27.8 Å². The summed E-state index contributed by atoms with van der Waals surface area (Å²) in [7, 11) is 0. The number of anilines is 3. The standard InChI is InChI=1S/C55H47N/c1-54(2)48-15-8-7-14-47(48)53-50(54)17-10-18-52(53)56(43-11-4-3-5-12-43)44-26-23-38(24-27-44)37-19-21-39(22-20-37)40-25-28-46-45-13-6-9-16-49(45)55(51(46)34-40)41-30-35-29-36(32-41)33-42(55)31-35/h3-28,34-36,41-42H,29-33H2,1-2H3. The van der Waals surface area contributed by atoms with Crippen LogP contribution in [-0.4, -0.2) is 0 Å². The second kappa shape index (κ2) is 11.9. The maximum absolute atomic E-state index is 2.61. The van der Waals surface area contributed by atoms with Gasteiger partial charge in [-0.05, 0) is 153 Å². The van der Waals surface area contributed by atoms with Crippen molar-refractivity contribution < 1.29 is 0 Å². The van der Waals surface area contributed by atoms with Crippen LogP contribution in [0.2, 0.25) is 0 Å². The number of fused-ring (bicyclic) bond motifs is 6. The molecule has 0 aromatic heterocycles. The van der Waals surface area contributed by atoms with Crippen molar-refractivity contribution in [3.63, 3.8) is 0 Å².